The van der Waals surface area contributed by atoms with Crippen LogP contribution in [0.25, 0.3) is 0 Å². The fourth-order valence-electron chi connectivity index (χ4n) is 1.49. The zero-order valence-corrected chi connectivity index (χ0v) is 11.6. The second-order valence-electron chi connectivity index (χ2n) is 3.77. The summed E-state index contributed by atoms with van der Waals surface area (Å²) in [5.41, 5.74) is -0.454. The van der Waals surface area contributed by atoms with Gasteiger partial charge in [-0.25, -0.2) is 0 Å². The van der Waals surface area contributed by atoms with Gasteiger partial charge in [0.2, 0.25) is 0 Å². The van der Waals surface area contributed by atoms with Gasteiger partial charge in [-0.1, -0.05) is 23.2 Å². The SMILES string of the molecule is N#Cc1cn[nH]c1NC(=O)c1cc([N+](=O)[O-])cc(Cl)c1Cl. The standard InChI is InChI=1S/C11H5Cl2N5O3/c12-8-2-6(18(20)21)1-7(9(8)13)11(19)16-10-5(3-14)4-15-17-10/h1-2,4H,(H2,15,16,17,19). The van der Waals surface area contributed by atoms with Crippen molar-refractivity contribution in [3.05, 3.63) is 49.6 Å². The molecule has 106 valence electrons. The highest BCUT2D eigenvalue weighted by molar-refractivity contribution is 6.44. The lowest BCUT2D eigenvalue weighted by atomic mass is 10.2. The third-order valence-electron chi connectivity index (χ3n) is 2.47. The molecule has 0 aliphatic carbocycles. The Balaban J connectivity index is 2.40. The predicted octanol–water partition coefficient (Wildman–Crippen LogP) is 2.75. The Morgan fingerprint density at radius 1 is 1.48 bits per heavy atom. The molecule has 0 bridgehead atoms. The van der Waals surface area contributed by atoms with Gasteiger partial charge in [0.05, 0.1) is 26.7 Å². The van der Waals surface area contributed by atoms with Gasteiger partial charge in [-0.15, -0.1) is 0 Å². The van der Waals surface area contributed by atoms with Crippen LogP contribution in [0, 0.1) is 21.4 Å². The Hall–Kier alpha value is -2.63. The summed E-state index contributed by atoms with van der Waals surface area (Å²) in [6, 6.07) is 3.84. The number of nitrogens with one attached hydrogen (secondary N) is 2. The number of nitro benzene ring substituents is 1. The predicted molar refractivity (Wildman–Crippen MR) is 74.4 cm³/mol. The van der Waals surface area contributed by atoms with Gasteiger partial charge in [0.25, 0.3) is 11.6 Å². The van der Waals surface area contributed by atoms with E-state index in [4.69, 9.17) is 28.5 Å². The minimum atomic E-state index is -0.758. The fourth-order valence-corrected chi connectivity index (χ4v) is 1.90. The normalized spacial score (nSPS) is 9.95. The summed E-state index contributed by atoms with van der Waals surface area (Å²) in [4.78, 5) is 22.2. The number of carbonyl (C=O) groups excluding carboxylic acids is 1. The van der Waals surface area contributed by atoms with Gasteiger partial charge < -0.3 is 5.32 Å². The molecule has 2 N–H and O–H groups in total. The van der Waals surface area contributed by atoms with Crippen molar-refractivity contribution >= 4 is 40.6 Å². The topological polar surface area (TPSA) is 125 Å². The summed E-state index contributed by atoms with van der Waals surface area (Å²) in [6.07, 6.45) is 1.22. The maximum atomic E-state index is 12.1. The van der Waals surface area contributed by atoms with Crippen molar-refractivity contribution in [2.45, 2.75) is 0 Å². The van der Waals surface area contributed by atoms with Gasteiger partial charge >= 0.3 is 0 Å². The zero-order valence-electron chi connectivity index (χ0n) is 10.1. The summed E-state index contributed by atoms with van der Waals surface area (Å²) in [5, 5.41) is 27.7. The summed E-state index contributed by atoms with van der Waals surface area (Å²) in [7, 11) is 0. The third-order valence-corrected chi connectivity index (χ3v) is 3.27. The molecule has 0 unspecified atom stereocenters. The lowest BCUT2D eigenvalue weighted by Crippen LogP contribution is -2.14. The third kappa shape index (κ3) is 2.94. The molecule has 1 aromatic carbocycles. The van der Waals surface area contributed by atoms with E-state index in [1.807, 2.05) is 6.07 Å². The molecule has 0 aliphatic rings. The van der Waals surface area contributed by atoms with E-state index < -0.39 is 10.8 Å². The van der Waals surface area contributed by atoms with Crippen molar-refractivity contribution in [2.75, 3.05) is 5.32 Å². The van der Waals surface area contributed by atoms with Gasteiger partial charge in [-0.05, 0) is 0 Å². The van der Waals surface area contributed by atoms with E-state index >= 15 is 0 Å². The van der Waals surface area contributed by atoms with Gasteiger partial charge in [-0.2, -0.15) is 10.4 Å². The van der Waals surface area contributed by atoms with Gasteiger partial charge in [0, 0.05) is 12.1 Å². The van der Waals surface area contributed by atoms with Gasteiger partial charge in [0.15, 0.2) is 0 Å². The van der Waals surface area contributed by atoms with Crippen LogP contribution in [-0.2, 0) is 0 Å². The van der Waals surface area contributed by atoms with Gasteiger partial charge in [0.1, 0.15) is 17.5 Å². The van der Waals surface area contributed by atoms with Crippen molar-refractivity contribution in [3.63, 3.8) is 0 Å². The van der Waals surface area contributed by atoms with E-state index in [-0.39, 0.29) is 32.7 Å². The van der Waals surface area contributed by atoms with Crippen LogP contribution in [0.4, 0.5) is 11.5 Å². The molecule has 21 heavy (non-hydrogen) atoms. The number of nitro groups is 1. The average molecular weight is 326 g/mol. The van der Waals surface area contributed by atoms with Crippen LogP contribution in [0.3, 0.4) is 0 Å². The number of nitriles is 1. The molecule has 0 saturated heterocycles. The second kappa shape index (κ2) is 5.78. The molecular weight excluding hydrogens is 321 g/mol. The van der Waals surface area contributed by atoms with Gasteiger partial charge in [-0.3, -0.25) is 20.0 Å². The first kappa shape index (κ1) is 14.8. The van der Waals surface area contributed by atoms with Crippen molar-refractivity contribution in [1.29, 1.82) is 5.26 Å². The minimum absolute atomic E-state index is 0.0567. The van der Waals surface area contributed by atoms with E-state index in [0.717, 1.165) is 12.1 Å². The Labute approximate surface area is 127 Å². The molecule has 2 aromatic rings. The number of hydrogen-bond acceptors (Lipinski definition) is 5. The Kier molecular flexibility index (Phi) is 4.07. The van der Waals surface area contributed by atoms with Crippen molar-refractivity contribution in [3.8, 4) is 6.07 Å². The summed E-state index contributed by atoms with van der Waals surface area (Å²) < 4.78 is 0. The molecule has 0 spiro atoms. The monoisotopic (exact) mass is 325 g/mol. The van der Waals surface area contributed by atoms with E-state index in [0.29, 0.717) is 0 Å². The molecule has 1 heterocycles. The number of H-pyrrole nitrogens is 1. The molecule has 10 heteroatoms. The Morgan fingerprint density at radius 2 is 2.19 bits per heavy atom. The molecule has 0 fully saturated rings. The number of aromatic nitrogens is 2. The molecule has 0 atom stereocenters. The quantitative estimate of drug-likeness (QED) is 0.662. The molecule has 0 aliphatic heterocycles. The van der Waals surface area contributed by atoms with Crippen LogP contribution in [0.1, 0.15) is 15.9 Å². The Bertz CT molecular complexity index is 781. The molecule has 0 radical (unpaired) electrons. The molecule has 2 rings (SSSR count). The average Bonchev–Trinajstić information content (AvgIpc) is 2.88. The van der Waals surface area contributed by atoms with E-state index in [1.165, 1.54) is 6.20 Å². The van der Waals surface area contributed by atoms with Crippen LogP contribution in [0.2, 0.25) is 10.0 Å². The number of nitrogens with zero attached hydrogens (tertiary/aromatic N) is 3. The summed E-state index contributed by atoms with van der Waals surface area (Å²) >= 11 is 11.6. The van der Waals surface area contributed by atoms with Crippen LogP contribution < -0.4 is 5.32 Å². The van der Waals surface area contributed by atoms with Crippen molar-refractivity contribution in [2.24, 2.45) is 0 Å². The fraction of sp³-hybridized carbons (Fsp3) is 0. The van der Waals surface area contributed by atoms with Crippen LogP contribution in [0.5, 0.6) is 0 Å². The molecular formula is C11H5Cl2N5O3. The molecule has 0 saturated carbocycles. The molecule has 1 amide bonds. The van der Waals surface area contributed by atoms with Crippen molar-refractivity contribution < 1.29 is 9.72 Å². The number of amides is 1. The molecule has 1 aromatic heterocycles. The summed E-state index contributed by atoms with van der Waals surface area (Å²) in [5.74, 6) is -0.701. The number of benzene rings is 1. The first-order valence-corrected chi connectivity index (χ1v) is 6.08. The highest BCUT2D eigenvalue weighted by Gasteiger charge is 2.20. The Morgan fingerprint density at radius 3 is 2.81 bits per heavy atom. The van der Waals surface area contributed by atoms with Crippen molar-refractivity contribution in [1.82, 2.24) is 10.2 Å². The first-order chi connectivity index (χ1) is 9.93. The number of carbonyl (C=O) groups is 1. The number of hydrogen-bond donors (Lipinski definition) is 2. The highest BCUT2D eigenvalue weighted by Crippen LogP contribution is 2.31. The number of aromatic amines is 1. The summed E-state index contributed by atoms with van der Waals surface area (Å²) in [6.45, 7) is 0. The lowest BCUT2D eigenvalue weighted by molar-refractivity contribution is -0.384. The van der Waals surface area contributed by atoms with E-state index in [1.54, 1.807) is 0 Å². The smallest absolute Gasteiger partial charge is 0.271 e. The van der Waals surface area contributed by atoms with E-state index in [9.17, 15) is 14.9 Å². The second-order valence-corrected chi connectivity index (χ2v) is 4.56. The van der Waals surface area contributed by atoms with E-state index in [2.05, 4.69) is 15.5 Å². The molecule has 8 nitrogen and oxygen atoms in total. The highest BCUT2D eigenvalue weighted by atomic mass is 35.5. The number of rotatable bonds is 3. The maximum Gasteiger partial charge on any atom is 0.271 e. The maximum absolute atomic E-state index is 12.1. The lowest BCUT2D eigenvalue weighted by Gasteiger charge is -2.06. The number of non-ortho nitro benzene ring substituents is 1. The largest absolute Gasteiger partial charge is 0.306 e. The number of anilines is 1. The number of halogens is 2. The minimum Gasteiger partial charge on any atom is -0.306 e. The van der Waals surface area contributed by atoms with Crippen LogP contribution >= 0.6 is 23.2 Å². The van der Waals surface area contributed by atoms with Crippen LogP contribution in [0.15, 0.2) is 18.3 Å². The van der Waals surface area contributed by atoms with Crippen LogP contribution in [-0.4, -0.2) is 21.0 Å². The first-order valence-electron chi connectivity index (χ1n) is 5.32. The zero-order chi connectivity index (χ0) is 15.6.